The first-order valence-electron chi connectivity index (χ1n) is 7.13. The summed E-state index contributed by atoms with van der Waals surface area (Å²) in [4.78, 5) is 4.34. The second-order valence-electron chi connectivity index (χ2n) is 5.15. The molecule has 1 N–H and O–H groups in total. The Bertz CT molecular complexity index is 568. The maximum atomic E-state index is 5.94. The molecular weight excluding hydrogens is 252 g/mol. The van der Waals surface area contributed by atoms with Crippen molar-refractivity contribution in [1.29, 1.82) is 0 Å². The van der Waals surface area contributed by atoms with Crippen LogP contribution < -0.4 is 10.1 Å². The summed E-state index contributed by atoms with van der Waals surface area (Å²) < 4.78 is 11.9. The summed E-state index contributed by atoms with van der Waals surface area (Å²) in [6, 6.07) is 9.94. The number of ether oxygens (including phenoxy) is 2. The molecule has 0 amide bonds. The summed E-state index contributed by atoms with van der Waals surface area (Å²) in [5.41, 5.74) is 0.963. The van der Waals surface area contributed by atoms with Crippen molar-refractivity contribution in [3.8, 4) is 5.75 Å². The van der Waals surface area contributed by atoms with Gasteiger partial charge in [-0.3, -0.25) is 4.98 Å². The van der Waals surface area contributed by atoms with Crippen LogP contribution >= 0.6 is 0 Å². The highest BCUT2D eigenvalue weighted by Gasteiger charge is 2.25. The van der Waals surface area contributed by atoms with Gasteiger partial charge >= 0.3 is 0 Å². The van der Waals surface area contributed by atoms with Crippen molar-refractivity contribution in [2.45, 2.75) is 25.0 Å². The summed E-state index contributed by atoms with van der Waals surface area (Å²) in [6.45, 7) is 1.52. The topological polar surface area (TPSA) is 43.4 Å². The summed E-state index contributed by atoms with van der Waals surface area (Å²) in [5.74, 6) is 0.885. The van der Waals surface area contributed by atoms with Crippen molar-refractivity contribution in [1.82, 2.24) is 10.3 Å². The second kappa shape index (κ2) is 6.20. The lowest BCUT2D eigenvalue weighted by molar-refractivity contribution is 0.0197. The zero-order chi connectivity index (χ0) is 13.8. The standard InChI is InChI=1S/C16H20N2O2/c1-17-10-12-7-8-13(20-12)11-19-16-6-2-5-15-14(16)4-3-9-18-15/h2-6,9,12-13,17H,7-8,10-11H2,1H3. The molecule has 2 heterocycles. The Morgan fingerprint density at radius 2 is 2.15 bits per heavy atom. The van der Waals surface area contributed by atoms with Crippen molar-refractivity contribution in [3.05, 3.63) is 36.5 Å². The van der Waals surface area contributed by atoms with E-state index >= 15 is 0 Å². The number of hydrogen-bond acceptors (Lipinski definition) is 4. The molecule has 3 rings (SSSR count). The van der Waals surface area contributed by atoms with Gasteiger partial charge in [-0.15, -0.1) is 0 Å². The van der Waals surface area contributed by atoms with Crippen LogP contribution in [0.25, 0.3) is 10.9 Å². The first kappa shape index (κ1) is 13.3. The van der Waals surface area contributed by atoms with E-state index in [1.807, 2.05) is 37.4 Å². The molecular formula is C16H20N2O2. The largest absolute Gasteiger partial charge is 0.490 e. The van der Waals surface area contributed by atoms with E-state index in [4.69, 9.17) is 9.47 Å². The molecule has 0 aliphatic carbocycles. The Labute approximate surface area is 119 Å². The molecule has 1 aromatic carbocycles. The van der Waals surface area contributed by atoms with Crippen LogP contribution in [-0.2, 0) is 4.74 Å². The molecule has 2 unspecified atom stereocenters. The van der Waals surface area contributed by atoms with Crippen LogP contribution in [0.3, 0.4) is 0 Å². The van der Waals surface area contributed by atoms with E-state index in [0.717, 1.165) is 36.0 Å². The lowest BCUT2D eigenvalue weighted by atomic mass is 10.2. The Balaban J connectivity index is 1.63. The Hall–Kier alpha value is -1.65. The van der Waals surface area contributed by atoms with Crippen LogP contribution in [0.5, 0.6) is 5.75 Å². The van der Waals surface area contributed by atoms with Gasteiger partial charge < -0.3 is 14.8 Å². The molecule has 0 spiro atoms. The van der Waals surface area contributed by atoms with Gasteiger partial charge in [0, 0.05) is 18.1 Å². The number of aromatic nitrogens is 1. The van der Waals surface area contributed by atoms with Crippen molar-refractivity contribution in [2.24, 2.45) is 0 Å². The van der Waals surface area contributed by atoms with Crippen LogP contribution in [0.15, 0.2) is 36.5 Å². The number of pyridine rings is 1. The van der Waals surface area contributed by atoms with Gasteiger partial charge in [0.2, 0.25) is 0 Å². The van der Waals surface area contributed by atoms with E-state index in [1.165, 1.54) is 0 Å². The fraction of sp³-hybridized carbons (Fsp3) is 0.438. The SMILES string of the molecule is CNCC1CCC(COc2cccc3ncccc23)O1. The molecule has 0 radical (unpaired) electrons. The van der Waals surface area contributed by atoms with E-state index < -0.39 is 0 Å². The number of likely N-dealkylation sites (N-methyl/N-ethyl adjacent to an activating group) is 1. The van der Waals surface area contributed by atoms with Gasteiger partial charge in [0.1, 0.15) is 12.4 Å². The molecule has 1 aliphatic heterocycles. The number of hydrogen-bond donors (Lipinski definition) is 1. The second-order valence-corrected chi connectivity index (χ2v) is 5.15. The highest BCUT2D eigenvalue weighted by atomic mass is 16.5. The van der Waals surface area contributed by atoms with Gasteiger partial charge in [0.05, 0.1) is 17.7 Å². The number of fused-ring (bicyclic) bond motifs is 1. The molecule has 0 saturated carbocycles. The predicted molar refractivity (Wildman–Crippen MR) is 79.1 cm³/mol. The number of rotatable bonds is 5. The zero-order valence-electron chi connectivity index (χ0n) is 11.7. The lowest BCUT2D eigenvalue weighted by Gasteiger charge is -2.15. The van der Waals surface area contributed by atoms with Gasteiger partial charge in [0.15, 0.2) is 0 Å². The molecule has 1 fully saturated rings. The number of nitrogens with one attached hydrogen (secondary N) is 1. The average Bonchev–Trinajstić information content (AvgIpc) is 2.93. The van der Waals surface area contributed by atoms with Crippen molar-refractivity contribution in [2.75, 3.05) is 20.2 Å². The van der Waals surface area contributed by atoms with E-state index in [1.54, 1.807) is 6.20 Å². The first-order valence-corrected chi connectivity index (χ1v) is 7.13. The summed E-state index contributed by atoms with van der Waals surface area (Å²) in [5, 5.41) is 4.21. The van der Waals surface area contributed by atoms with E-state index in [0.29, 0.717) is 12.7 Å². The third kappa shape index (κ3) is 2.92. The molecule has 106 valence electrons. The molecule has 1 aliphatic rings. The van der Waals surface area contributed by atoms with E-state index in [9.17, 15) is 0 Å². The summed E-state index contributed by atoms with van der Waals surface area (Å²) >= 11 is 0. The highest BCUT2D eigenvalue weighted by molar-refractivity contribution is 5.84. The average molecular weight is 272 g/mol. The van der Waals surface area contributed by atoms with Crippen molar-refractivity contribution >= 4 is 10.9 Å². The summed E-state index contributed by atoms with van der Waals surface area (Å²) in [6.07, 6.45) is 4.48. The molecule has 20 heavy (non-hydrogen) atoms. The van der Waals surface area contributed by atoms with Crippen LogP contribution in [-0.4, -0.2) is 37.4 Å². The Morgan fingerprint density at radius 1 is 1.25 bits per heavy atom. The smallest absolute Gasteiger partial charge is 0.128 e. The van der Waals surface area contributed by atoms with Crippen molar-refractivity contribution in [3.63, 3.8) is 0 Å². The predicted octanol–water partition coefficient (Wildman–Crippen LogP) is 2.38. The quantitative estimate of drug-likeness (QED) is 0.907. The minimum absolute atomic E-state index is 0.195. The van der Waals surface area contributed by atoms with Crippen molar-refractivity contribution < 1.29 is 9.47 Å². The Kier molecular flexibility index (Phi) is 4.14. The minimum atomic E-state index is 0.195. The van der Waals surface area contributed by atoms with Gasteiger partial charge in [-0.2, -0.15) is 0 Å². The molecule has 1 aromatic heterocycles. The third-order valence-electron chi connectivity index (χ3n) is 3.66. The van der Waals surface area contributed by atoms with Crippen LogP contribution in [0.1, 0.15) is 12.8 Å². The van der Waals surface area contributed by atoms with Crippen LogP contribution in [0, 0.1) is 0 Å². The first-order chi connectivity index (χ1) is 9.86. The maximum Gasteiger partial charge on any atom is 0.128 e. The molecule has 2 aromatic rings. The van der Waals surface area contributed by atoms with Crippen LogP contribution in [0.2, 0.25) is 0 Å². The lowest BCUT2D eigenvalue weighted by Crippen LogP contribution is -2.25. The highest BCUT2D eigenvalue weighted by Crippen LogP contribution is 2.25. The van der Waals surface area contributed by atoms with Crippen LogP contribution in [0.4, 0.5) is 0 Å². The number of benzene rings is 1. The molecule has 2 atom stereocenters. The van der Waals surface area contributed by atoms with E-state index in [2.05, 4.69) is 10.3 Å². The summed E-state index contributed by atoms with van der Waals surface area (Å²) in [7, 11) is 1.95. The Morgan fingerprint density at radius 3 is 3.05 bits per heavy atom. The van der Waals surface area contributed by atoms with E-state index in [-0.39, 0.29) is 6.10 Å². The zero-order valence-corrected chi connectivity index (χ0v) is 11.7. The molecule has 4 nitrogen and oxygen atoms in total. The third-order valence-corrected chi connectivity index (χ3v) is 3.66. The maximum absolute atomic E-state index is 5.94. The van der Waals surface area contributed by atoms with Gasteiger partial charge in [0.25, 0.3) is 0 Å². The van der Waals surface area contributed by atoms with Gasteiger partial charge in [-0.1, -0.05) is 6.07 Å². The van der Waals surface area contributed by atoms with Gasteiger partial charge in [-0.05, 0) is 44.2 Å². The molecule has 1 saturated heterocycles. The fourth-order valence-corrected chi connectivity index (χ4v) is 2.66. The molecule has 0 bridgehead atoms. The fourth-order valence-electron chi connectivity index (χ4n) is 2.66. The monoisotopic (exact) mass is 272 g/mol. The molecule has 4 heteroatoms. The minimum Gasteiger partial charge on any atom is -0.490 e. The number of nitrogens with zero attached hydrogens (tertiary/aromatic N) is 1. The normalized spacial score (nSPS) is 22.2. The van der Waals surface area contributed by atoms with Gasteiger partial charge in [-0.25, -0.2) is 0 Å².